The van der Waals surface area contributed by atoms with Gasteiger partial charge in [-0.3, -0.25) is 4.90 Å². The molecule has 0 saturated carbocycles. The second-order valence-corrected chi connectivity index (χ2v) is 6.16. The van der Waals surface area contributed by atoms with Gasteiger partial charge in [0.15, 0.2) is 0 Å². The Bertz CT molecular complexity index is 442. The molecule has 1 atom stereocenters. The predicted molar refractivity (Wildman–Crippen MR) is 80.6 cm³/mol. The fourth-order valence-corrected chi connectivity index (χ4v) is 3.31. The summed E-state index contributed by atoms with van der Waals surface area (Å²) in [5.41, 5.74) is 4.31. The van der Waals surface area contributed by atoms with Crippen molar-refractivity contribution in [3.05, 3.63) is 29.3 Å². The maximum Gasteiger partial charge on any atom is 0.0373 e. The van der Waals surface area contributed by atoms with E-state index in [0.29, 0.717) is 0 Å². The third kappa shape index (κ3) is 2.93. The topological polar surface area (TPSA) is 18.5 Å². The van der Waals surface area contributed by atoms with Gasteiger partial charge in [-0.05, 0) is 57.1 Å². The van der Waals surface area contributed by atoms with E-state index in [1.807, 2.05) is 0 Å². The molecule has 3 heteroatoms. The van der Waals surface area contributed by atoms with E-state index in [9.17, 15) is 0 Å². The second kappa shape index (κ2) is 5.51. The summed E-state index contributed by atoms with van der Waals surface area (Å²) in [6.07, 6.45) is 3.86. The van der Waals surface area contributed by atoms with E-state index in [0.717, 1.165) is 19.1 Å². The summed E-state index contributed by atoms with van der Waals surface area (Å²) in [6, 6.07) is 7.67. The van der Waals surface area contributed by atoms with Crippen LogP contribution in [0.15, 0.2) is 18.2 Å². The van der Waals surface area contributed by atoms with E-state index in [1.54, 1.807) is 0 Å². The van der Waals surface area contributed by atoms with Gasteiger partial charge in [-0.25, -0.2) is 0 Å². The Labute approximate surface area is 116 Å². The Hall–Kier alpha value is -1.06. The summed E-state index contributed by atoms with van der Waals surface area (Å²) < 4.78 is 0. The number of benzene rings is 1. The fourth-order valence-electron chi connectivity index (χ4n) is 3.31. The zero-order valence-corrected chi connectivity index (χ0v) is 12.2. The molecule has 2 heterocycles. The summed E-state index contributed by atoms with van der Waals surface area (Å²) in [5, 5.41) is 3.43. The average molecular weight is 259 g/mol. The molecule has 0 aliphatic carbocycles. The summed E-state index contributed by atoms with van der Waals surface area (Å²) in [7, 11) is 4.41. The van der Waals surface area contributed by atoms with E-state index < -0.39 is 0 Å². The van der Waals surface area contributed by atoms with Gasteiger partial charge in [0, 0.05) is 31.4 Å². The zero-order chi connectivity index (χ0) is 13.2. The molecule has 1 saturated heterocycles. The van der Waals surface area contributed by atoms with Crippen LogP contribution in [0.5, 0.6) is 0 Å². The van der Waals surface area contributed by atoms with Crippen LogP contribution < -0.4 is 5.32 Å². The molecule has 3 rings (SSSR count). The van der Waals surface area contributed by atoms with Gasteiger partial charge >= 0.3 is 0 Å². The van der Waals surface area contributed by atoms with Gasteiger partial charge in [0.1, 0.15) is 0 Å². The molecule has 0 radical (unpaired) electrons. The molecule has 2 aliphatic heterocycles. The lowest BCUT2D eigenvalue weighted by molar-refractivity contribution is 0.128. The van der Waals surface area contributed by atoms with Crippen molar-refractivity contribution in [3.63, 3.8) is 0 Å². The van der Waals surface area contributed by atoms with E-state index in [-0.39, 0.29) is 0 Å². The highest BCUT2D eigenvalue weighted by Crippen LogP contribution is 2.24. The molecule has 0 aromatic heterocycles. The normalized spacial score (nSPS) is 23.4. The van der Waals surface area contributed by atoms with E-state index >= 15 is 0 Å². The molecule has 1 aromatic rings. The third-order valence-corrected chi connectivity index (χ3v) is 4.50. The van der Waals surface area contributed by atoms with Crippen molar-refractivity contribution in [1.82, 2.24) is 9.80 Å². The molecule has 1 aromatic carbocycles. The highest BCUT2D eigenvalue weighted by molar-refractivity contribution is 5.56. The van der Waals surface area contributed by atoms with Crippen LogP contribution >= 0.6 is 0 Å². The van der Waals surface area contributed by atoms with Crippen molar-refractivity contribution in [3.8, 4) is 0 Å². The van der Waals surface area contributed by atoms with E-state index in [2.05, 4.69) is 47.4 Å². The molecule has 3 nitrogen and oxygen atoms in total. The number of hydrogen-bond donors (Lipinski definition) is 1. The highest BCUT2D eigenvalue weighted by Gasteiger charge is 2.21. The molecular formula is C16H25N3. The smallest absolute Gasteiger partial charge is 0.0373 e. The lowest BCUT2D eigenvalue weighted by Crippen LogP contribution is -2.44. The monoisotopic (exact) mass is 259 g/mol. The van der Waals surface area contributed by atoms with Gasteiger partial charge in [-0.15, -0.1) is 0 Å². The van der Waals surface area contributed by atoms with Gasteiger partial charge in [0.25, 0.3) is 0 Å². The van der Waals surface area contributed by atoms with Crippen LogP contribution in [-0.4, -0.2) is 49.6 Å². The Morgan fingerprint density at radius 3 is 3.11 bits per heavy atom. The first kappa shape index (κ1) is 12.9. The summed E-state index contributed by atoms with van der Waals surface area (Å²) in [6.45, 7) is 4.67. The molecule has 104 valence electrons. The first-order chi connectivity index (χ1) is 9.22. The Balaban J connectivity index is 1.64. The minimum absolute atomic E-state index is 0.727. The van der Waals surface area contributed by atoms with Crippen LogP contribution in [-0.2, 0) is 13.0 Å². The molecule has 19 heavy (non-hydrogen) atoms. The number of nitrogens with zero attached hydrogens (tertiary/aromatic N) is 2. The Kier molecular flexibility index (Phi) is 3.76. The van der Waals surface area contributed by atoms with Gasteiger partial charge in [-0.1, -0.05) is 12.1 Å². The lowest BCUT2D eigenvalue weighted by Gasteiger charge is -2.36. The van der Waals surface area contributed by atoms with Crippen LogP contribution in [0.3, 0.4) is 0 Å². The molecule has 1 N–H and O–H groups in total. The van der Waals surface area contributed by atoms with Crippen molar-refractivity contribution >= 4 is 5.69 Å². The minimum atomic E-state index is 0.727. The maximum atomic E-state index is 3.43. The van der Waals surface area contributed by atoms with Gasteiger partial charge in [-0.2, -0.15) is 0 Å². The number of rotatable bonds is 3. The van der Waals surface area contributed by atoms with Crippen LogP contribution in [0.1, 0.15) is 24.0 Å². The summed E-state index contributed by atoms with van der Waals surface area (Å²) in [5.74, 6) is 0. The maximum absolute atomic E-state index is 3.43. The zero-order valence-electron chi connectivity index (χ0n) is 12.2. The van der Waals surface area contributed by atoms with E-state index in [1.165, 1.54) is 49.2 Å². The van der Waals surface area contributed by atoms with Gasteiger partial charge in [0.05, 0.1) is 0 Å². The first-order valence-electron chi connectivity index (χ1n) is 7.47. The summed E-state index contributed by atoms with van der Waals surface area (Å²) in [4.78, 5) is 4.98. The Morgan fingerprint density at radius 1 is 1.37 bits per heavy atom. The van der Waals surface area contributed by atoms with Crippen molar-refractivity contribution in [1.29, 1.82) is 0 Å². The van der Waals surface area contributed by atoms with Crippen molar-refractivity contribution in [2.75, 3.05) is 39.0 Å². The van der Waals surface area contributed by atoms with Crippen LogP contribution in [0, 0.1) is 0 Å². The first-order valence-corrected chi connectivity index (χ1v) is 7.47. The minimum Gasteiger partial charge on any atom is -0.384 e. The molecule has 0 bridgehead atoms. The summed E-state index contributed by atoms with van der Waals surface area (Å²) >= 11 is 0. The van der Waals surface area contributed by atoms with Crippen molar-refractivity contribution in [2.45, 2.75) is 31.8 Å². The SMILES string of the molecule is CN(C)C1CCCN(Cc2ccc3c(c2)CCN3)C1. The molecular weight excluding hydrogens is 234 g/mol. The Morgan fingerprint density at radius 2 is 2.26 bits per heavy atom. The number of hydrogen-bond acceptors (Lipinski definition) is 3. The molecule has 2 aliphatic rings. The van der Waals surface area contributed by atoms with E-state index in [4.69, 9.17) is 0 Å². The van der Waals surface area contributed by atoms with Crippen LogP contribution in [0.25, 0.3) is 0 Å². The van der Waals surface area contributed by atoms with Crippen molar-refractivity contribution < 1.29 is 0 Å². The molecule has 0 amide bonds. The quantitative estimate of drug-likeness (QED) is 0.897. The largest absolute Gasteiger partial charge is 0.384 e. The lowest BCUT2D eigenvalue weighted by atomic mass is 10.0. The molecule has 0 spiro atoms. The molecule has 1 fully saturated rings. The second-order valence-electron chi connectivity index (χ2n) is 6.16. The third-order valence-electron chi connectivity index (χ3n) is 4.50. The van der Waals surface area contributed by atoms with Crippen molar-refractivity contribution in [2.24, 2.45) is 0 Å². The number of piperidine rings is 1. The average Bonchev–Trinajstić information content (AvgIpc) is 2.86. The predicted octanol–water partition coefficient (Wildman–Crippen LogP) is 2.18. The van der Waals surface area contributed by atoms with Crippen LogP contribution in [0.2, 0.25) is 0 Å². The number of fused-ring (bicyclic) bond motifs is 1. The number of nitrogens with one attached hydrogen (secondary N) is 1. The van der Waals surface area contributed by atoms with Gasteiger partial charge < -0.3 is 10.2 Å². The molecule has 1 unspecified atom stereocenters. The fraction of sp³-hybridized carbons (Fsp3) is 0.625. The number of likely N-dealkylation sites (N-methyl/N-ethyl adjacent to an activating group) is 1. The number of anilines is 1. The van der Waals surface area contributed by atoms with Gasteiger partial charge in [0.2, 0.25) is 0 Å². The standard InChI is InChI=1S/C16H25N3/c1-18(2)15-4-3-9-19(12-15)11-13-5-6-16-14(10-13)7-8-17-16/h5-6,10,15,17H,3-4,7-9,11-12H2,1-2H3. The highest BCUT2D eigenvalue weighted by atomic mass is 15.2. The number of likely N-dealkylation sites (tertiary alicyclic amines) is 1. The van der Waals surface area contributed by atoms with Crippen LogP contribution in [0.4, 0.5) is 5.69 Å².